The van der Waals surface area contributed by atoms with Crippen molar-refractivity contribution in [3.05, 3.63) is 0 Å². The van der Waals surface area contributed by atoms with Crippen molar-refractivity contribution in [2.24, 2.45) is 60.3 Å². The molecule has 0 saturated heterocycles. The monoisotopic (exact) mass is 903 g/mol. The zero-order chi connectivity index (χ0) is 40.0. The zero-order valence-electron chi connectivity index (χ0n) is 31.1. The van der Waals surface area contributed by atoms with Crippen LogP contribution >= 0.6 is 0 Å². The second kappa shape index (κ2) is 18.2. The molecule has 6 saturated carbocycles. The fourth-order valence-corrected chi connectivity index (χ4v) is 13.7. The Morgan fingerprint density at radius 1 is 0.482 bits per heavy atom. The molecule has 6 aliphatic carbocycles. The summed E-state index contributed by atoms with van der Waals surface area (Å²) in [5.74, 6) is -1.63. The van der Waals surface area contributed by atoms with E-state index in [0.717, 1.165) is 0 Å². The maximum Gasteiger partial charge on any atom is 0.270 e. The van der Waals surface area contributed by atoms with Gasteiger partial charge in [-0.1, -0.05) is 6.92 Å². The molecule has 19 nitrogen and oxygen atoms in total. The van der Waals surface area contributed by atoms with Crippen LogP contribution < -0.4 is 0 Å². The van der Waals surface area contributed by atoms with Crippen molar-refractivity contribution in [3.8, 4) is 0 Å². The molecule has 6 fully saturated rings. The Balaban J connectivity index is 0.00000600. The zero-order valence-corrected chi connectivity index (χ0v) is 34.5. The number of aliphatic hydroxyl groups excluding tert-OH is 4. The van der Waals surface area contributed by atoms with Gasteiger partial charge in [0.15, 0.2) is 0 Å². The molecule has 0 aromatic carbocycles. The number of rotatable bonds is 9. The second-order valence-electron chi connectivity index (χ2n) is 17.2. The van der Waals surface area contributed by atoms with Crippen molar-refractivity contribution in [1.29, 1.82) is 0 Å². The first-order chi connectivity index (χ1) is 25.7. The molecule has 18 unspecified atom stereocenters. The first-order valence-electron chi connectivity index (χ1n) is 19.5. The van der Waals surface area contributed by atoms with Crippen LogP contribution in [-0.4, -0.2) is 136 Å². The van der Waals surface area contributed by atoms with Crippen LogP contribution in [0.15, 0.2) is 30.7 Å². The van der Waals surface area contributed by atoms with Gasteiger partial charge in [-0.25, -0.2) is 0 Å². The summed E-state index contributed by atoms with van der Waals surface area (Å²) in [5.41, 5.74) is 0. The molecule has 1 radical (unpaired) electrons. The summed E-state index contributed by atoms with van der Waals surface area (Å²) in [6.45, 7) is 1.90. The molecule has 0 heterocycles. The van der Waals surface area contributed by atoms with E-state index in [2.05, 4.69) is 30.7 Å². The van der Waals surface area contributed by atoms with Crippen LogP contribution in [0.5, 0.6) is 0 Å². The standard InChI is InChI=1S/C33H56N6O13S3.Cu/c1-16-8-27(29(42)15-26(16)37-35-20-3-2-17-10-22(53(44,45)46)14-30(24(17)12-20)54(47,48)49)38-39-32-31(55(50,51)52)11-18-9-19(4-6-23(18)33(32)43)34-36-25-7-5-21(40)13-28(25)41;/h16-33,40-43H,2-15H2,1H3,(H,44,45,46)(H,47,48,49)(H,50,51,52);. The molecule has 6 rings (SSSR count). The predicted molar refractivity (Wildman–Crippen MR) is 195 cm³/mol. The summed E-state index contributed by atoms with van der Waals surface area (Å²) in [7, 11) is -13.7. The molecule has 0 spiro atoms. The van der Waals surface area contributed by atoms with Gasteiger partial charge in [-0.3, -0.25) is 13.7 Å². The largest absolute Gasteiger partial charge is 0.393 e. The van der Waals surface area contributed by atoms with Gasteiger partial charge in [-0.15, -0.1) is 0 Å². The average molecular weight is 905 g/mol. The maximum atomic E-state index is 12.6. The van der Waals surface area contributed by atoms with Crippen molar-refractivity contribution in [2.45, 2.75) is 173 Å². The summed E-state index contributed by atoms with van der Waals surface area (Å²) in [5, 5.41) is 64.9. The van der Waals surface area contributed by atoms with Crippen LogP contribution in [0, 0.1) is 29.6 Å². The van der Waals surface area contributed by atoms with E-state index in [0.29, 0.717) is 51.4 Å². The third-order valence-corrected chi connectivity index (χ3v) is 17.3. The summed E-state index contributed by atoms with van der Waals surface area (Å²) < 4.78 is 103. The van der Waals surface area contributed by atoms with E-state index in [1.54, 1.807) is 0 Å². The Morgan fingerprint density at radius 2 is 1.09 bits per heavy atom. The molecule has 23 heteroatoms. The van der Waals surface area contributed by atoms with Crippen molar-refractivity contribution >= 4 is 30.4 Å². The van der Waals surface area contributed by atoms with Crippen molar-refractivity contribution < 1.29 is 76.4 Å². The fourth-order valence-electron chi connectivity index (χ4n) is 10.4. The van der Waals surface area contributed by atoms with Gasteiger partial charge in [0.1, 0.15) is 11.3 Å². The molecule has 0 aliphatic heterocycles. The van der Waals surface area contributed by atoms with Crippen molar-refractivity contribution in [3.63, 3.8) is 0 Å². The SMILES string of the molecule is CC1CC(N=NC2C(O)C3CCC(N=NC4CCC(O)CC4O)CC3CC2S(=O)(=O)O)C(O)CC1N=NC1CCC2CC(S(=O)(=O)O)CC(S(=O)(=O)O)C2C1.[Cu]. The van der Waals surface area contributed by atoms with Gasteiger partial charge in [-0.05, 0) is 113 Å². The van der Waals surface area contributed by atoms with Crippen LogP contribution in [0.1, 0.15) is 96.8 Å². The van der Waals surface area contributed by atoms with Crippen LogP contribution in [0.3, 0.4) is 0 Å². The van der Waals surface area contributed by atoms with E-state index in [9.17, 15) is 59.3 Å². The summed E-state index contributed by atoms with van der Waals surface area (Å²) in [6, 6.07) is -3.44. The van der Waals surface area contributed by atoms with E-state index in [1.165, 1.54) is 0 Å². The van der Waals surface area contributed by atoms with Gasteiger partial charge in [0.2, 0.25) is 0 Å². The van der Waals surface area contributed by atoms with Crippen LogP contribution in [0.2, 0.25) is 0 Å². The molecule has 325 valence electrons. The molecule has 56 heavy (non-hydrogen) atoms. The van der Waals surface area contributed by atoms with Crippen LogP contribution in [0.25, 0.3) is 0 Å². The number of azo groups is 3. The number of nitrogens with zero attached hydrogens (tertiary/aromatic N) is 6. The van der Waals surface area contributed by atoms with Crippen molar-refractivity contribution in [1.82, 2.24) is 0 Å². The van der Waals surface area contributed by atoms with E-state index in [4.69, 9.17) is 0 Å². The Labute approximate surface area is 338 Å². The minimum absolute atomic E-state index is 0. The molecule has 6 aliphatic rings. The van der Waals surface area contributed by atoms with Crippen LogP contribution in [0.4, 0.5) is 0 Å². The molecule has 18 atom stereocenters. The Hall–Kier alpha value is -1.11. The second-order valence-corrected chi connectivity index (χ2v) is 22.1. The Bertz CT molecular complexity index is 1790. The molecule has 0 amide bonds. The van der Waals surface area contributed by atoms with E-state index in [1.807, 2.05) is 6.92 Å². The third kappa shape index (κ3) is 10.8. The molecule has 0 aromatic rings. The Kier molecular flexibility index (Phi) is 15.0. The van der Waals surface area contributed by atoms with Gasteiger partial charge in [0, 0.05) is 23.5 Å². The summed E-state index contributed by atoms with van der Waals surface area (Å²) in [4.78, 5) is 0. The quantitative estimate of drug-likeness (QED) is 0.0995. The average Bonchev–Trinajstić information content (AvgIpc) is 3.09. The van der Waals surface area contributed by atoms with E-state index in [-0.39, 0.29) is 84.9 Å². The number of fused-ring (bicyclic) bond motifs is 2. The third-order valence-electron chi connectivity index (χ3n) is 13.5. The first kappa shape index (κ1) is 46.0. The van der Waals surface area contributed by atoms with Gasteiger partial charge >= 0.3 is 0 Å². The van der Waals surface area contributed by atoms with Gasteiger partial charge < -0.3 is 20.4 Å². The van der Waals surface area contributed by atoms with Crippen molar-refractivity contribution in [2.75, 3.05) is 0 Å². The minimum atomic E-state index is -4.65. The van der Waals surface area contributed by atoms with Crippen LogP contribution in [-0.2, 0) is 47.4 Å². The molecule has 7 N–H and O–H groups in total. The Morgan fingerprint density at radius 3 is 1.73 bits per heavy atom. The molecular formula is C33H56CuN6O13S3. The first-order valence-corrected chi connectivity index (χ1v) is 24.0. The molecule has 0 bridgehead atoms. The predicted octanol–water partition coefficient (Wildman–Crippen LogP) is 2.41. The van der Waals surface area contributed by atoms with Gasteiger partial charge in [0.05, 0.1) is 65.1 Å². The smallest absolute Gasteiger partial charge is 0.270 e. The number of aliphatic hydroxyl groups is 4. The number of hydrogen-bond acceptors (Lipinski definition) is 16. The summed E-state index contributed by atoms with van der Waals surface area (Å²) in [6.07, 6.45) is 0.642. The van der Waals surface area contributed by atoms with Gasteiger partial charge in [0.25, 0.3) is 30.4 Å². The maximum absolute atomic E-state index is 12.6. The minimum Gasteiger partial charge on any atom is -0.393 e. The van der Waals surface area contributed by atoms with E-state index >= 15 is 0 Å². The summed E-state index contributed by atoms with van der Waals surface area (Å²) >= 11 is 0. The molecule has 0 aromatic heterocycles. The van der Waals surface area contributed by atoms with Gasteiger partial charge in [-0.2, -0.15) is 55.9 Å². The van der Waals surface area contributed by atoms with E-state index < -0.39 is 107 Å². The normalized spacial score (nSPS) is 45.6. The molecular weight excluding hydrogens is 848 g/mol. The topological polar surface area (TPSA) is 318 Å². The number of hydrogen-bond donors (Lipinski definition) is 7. The fraction of sp³-hybridized carbons (Fsp3) is 1.00.